The van der Waals surface area contributed by atoms with E-state index >= 15 is 0 Å². The molecule has 0 aliphatic carbocycles. The second-order valence-corrected chi connectivity index (χ2v) is 4.89. The zero-order chi connectivity index (χ0) is 17.0. The molecule has 2 N–H and O–H groups in total. The number of carbonyl (C=O) groups excluding carboxylic acids is 2. The van der Waals surface area contributed by atoms with E-state index in [9.17, 15) is 9.59 Å². The Labute approximate surface area is 140 Å². The van der Waals surface area contributed by atoms with Crippen molar-refractivity contribution in [3.8, 4) is 11.5 Å². The fourth-order valence-electron chi connectivity index (χ4n) is 1.83. The van der Waals surface area contributed by atoms with Gasteiger partial charge in [0.25, 0.3) is 5.91 Å². The van der Waals surface area contributed by atoms with Crippen molar-refractivity contribution in [2.24, 2.45) is 0 Å². The maximum atomic E-state index is 11.6. The Morgan fingerprint density at radius 3 is 1.96 bits per heavy atom. The lowest BCUT2D eigenvalue weighted by atomic mass is 10.3. The van der Waals surface area contributed by atoms with Crippen LogP contribution in [0.1, 0.15) is 0 Å². The maximum absolute atomic E-state index is 11.6. The minimum Gasteiger partial charge on any atom is -0.492 e. The Morgan fingerprint density at radius 1 is 0.750 bits per heavy atom. The lowest BCUT2D eigenvalue weighted by molar-refractivity contribution is -0.127. The molecule has 2 rings (SSSR count). The molecule has 0 spiro atoms. The molecule has 126 valence electrons. The highest BCUT2D eigenvalue weighted by Crippen LogP contribution is 2.08. The summed E-state index contributed by atoms with van der Waals surface area (Å²) in [5.41, 5.74) is 0. The highest BCUT2D eigenvalue weighted by molar-refractivity contribution is 5.85. The number of nitrogens with one attached hydrogen (secondary N) is 2. The van der Waals surface area contributed by atoms with Crippen LogP contribution in [0.4, 0.5) is 0 Å². The van der Waals surface area contributed by atoms with Gasteiger partial charge in [-0.1, -0.05) is 36.4 Å². The van der Waals surface area contributed by atoms with Gasteiger partial charge in [-0.3, -0.25) is 9.59 Å². The second-order valence-electron chi connectivity index (χ2n) is 4.89. The smallest absolute Gasteiger partial charge is 0.258 e. The van der Waals surface area contributed by atoms with E-state index in [1.807, 2.05) is 48.5 Å². The molecule has 6 heteroatoms. The van der Waals surface area contributed by atoms with Crippen molar-refractivity contribution in [2.45, 2.75) is 0 Å². The van der Waals surface area contributed by atoms with Gasteiger partial charge in [0.2, 0.25) is 5.91 Å². The number of ether oxygens (including phenoxy) is 2. The largest absolute Gasteiger partial charge is 0.492 e. The van der Waals surface area contributed by atoms with Crippen LogP contribution in [0.25, 0.3) is 0 Å². The molecule has 0 saturated heterocycles. The zero-order valence-electron chi connectivity index (χ0n) is 13.2. The topological polar surface area (TPSA) is 76.7 Å². The van der Waals surface area contributed by atoms with Gasteiger partial charge >= 0.3 is 0 Å². The van der Waals surface area contributed by atoms with E-state index in [0.717, 1.165) is 5.75 Å². The van der Waals surface area contributed by atoms with Gasteiger partial charge in [0.05, 0.1) is 13.1 Å². The van der Waals surface area contributed by atoms with E-state index in [0.29, 0.717) is 18.9 Å². The van der Waals surface area contributed by atoms with Crippen molar-refractivity contribution >= 4 is 11.8 Å². The molecular formula is C18H20N2O4. The molecule has 0 aromatic heterocycles. The predicted molar refractivity (Wildman–Crippen MR) is 89.9 cm³/mol. The minimum absolute atomic E-state index is 0.0949. The number of para-hydroxylation sites is 2. The van der Waals surface area contributed by atoms with Gasteiger partial charge in [-0.25, -0.2) is 0 Å². The van der Waals surface area contributed by atoms with Crippen molar-refractivity contribution in [3.63, 3.8) is 0 Å². The molecule has 2 amide bonds. The molecule has 0 radical (unpaired) electrons. The van der Waals surface area contributed by atoms with Crippen LogP contribution in [-0.2, 0) is 9.59 Å². The first-order valence-corrected chi connectivity index (χ1v) is 7.63. The maximum Gasteiger partial charge on any atom is 0.258 e. The van der Waals surface area contributed by atoms with E-state index in [4.69, 9.17) is 9.47 Å². The Bertz CT molecular complexity index is 632. The van der Waals surface area contributed by atoms with Crippen molar-refractivity contribution < 1.29 is 19.1 Å². The third-order valence-corrected chi connectivity index (χ3v) is 3.00. The third-order valence-electron chi connectivity index (χ3n) is 3.00. The van der Waals surface area contributed by atoms with Crippen LogP contribution in [0, 0.1) is 0 Å². The average molecular weight is 328 g/mol. The number of carbonyl (C=O) groups is 2. The van der Waals surface area contributed by atoms with Crippen LogP contribution in [0.5, 0.6) is 11.5 Å². The summed E-state index contributed by atoms with van der Waals surface area (Å²) in [6.07, 6.45) is 0. The first kappa shape index (κ1) is 17.3. The van der Waals surface area contributed by atoms with Crippen molar-refractivity contribution in [1.82, 2.24) is 10.6 Å². The average Bonchev–Trinajstić information content (AvgIpc) is 2.63. The number of benzene rings is 2. The highest BCUT2D eigenvalue weighted by atomic mass is 16.5. The Balaban J connectivity index is 1.53. The molecule has 0 heterocycles. The molecule has 24 heavy (non-hydrogen) atoms. The SMILES string of the molecule is O=C(CNC(=O)COc1ccccc1)NCCOc1ccccc1. The summed E-state index contributed by atoms with van der Waals surface area (Å²) >= 11 is 0. The van der Waals surface area contributed by atoms with E-state index in [1.54, 1.807) is 12.1 Å². The molecule has 0 aliphatic heterocycles. The fourth-order valence-corrected chi connectivity index (χ4v) is 1.83. The first-order valence-electron chi connectivity index (χ1n) is 7.63. The molecule has 6 nitrogen and oxygen atoms in total. The van der Waals surface area contributed by atoms with E-state index in [1.165, 1.54) is 0 Å². The standard InChI is InChI=1S/C18H20N2O4/c21-17(19-11-12-23-15-7-3-1-4-8-15)13-20-18(22)14-24-16-9-5-2-6-10-16/h1-10H,11-14H2,(H,19,21)(H,20,22). The Morgan fingerprint density at radius 2 is 1.33 bits per heavy atom. The summed E-state index contributed by atoms with van der Waals surface area (Å²) in [5.74, 6) is 0.725. The second kappa shape index (κ2) is 9.89. The summed E-state index contributed by atoms with van der Waals surface area (Å²) in [6.45, 7) is 0.502. The summed E-state index contributed by atoms with van der Waals surface area (Å²) < 4.78 is 10.7. The van der Waals surface area contributed by atoms with Crippen molar-refractivity contribution in [1.29, 1.82) is 0 Å². The van der Waals surface area contributed by atoms with Gasteiger partial charge in [-0.2, -0.15) is 0 Å². The van der Waals surface area contributed by atoms with Crippen LogP contribution in [0.2, 0.25) is 0 Å². The summed E-state index contributed by atoms with van der Waals surface area (Å²) in [4.78, 5) is 23.2. The minimum atomic E-state index is -0.352. The van der Waals surface area contributed by atoms with Gasteiger partial charge in [0, 0.05) is 0 Å². The quantitative estimate of drug-likeness (QED) is 0.682. The first-order chi connectivity index (χ1) is 11.7. The van der Waals surface area contributed by atoms with Crippen molar-refractivity contribution in [3.05, 3.63) is 60.7 Å². The van der Waals surface area contributed by atoms with Crippen LogP contribution >= 0.6 is 0 Å². The number of amides is 2. The van der Waals surface area contributed by atoms with E-state index in [2.05, 4.69) is 10.6 Å². The molecule has 0 fully saturated rings. The van der Waals surface area contributed by atoms with Gasteiger partial charge in [0.15, 0.2) is 6.61 Å². The summed E-state index contributed by atoms with van der Waals surface area (Å²) in [5, 5.41) is 5.16. The van der Waals surface area contributed by atoms with Crippen LogP contribution in [-0.4, -0.2) is 38.1 Å². The lowest BCUT2D eigenvalue weighted by Gasteiger charge is -2.09. The van der Waals surface area contributed by atoms with Gasteiger partial charge < -0.3 is 20.1 Å². The molecule has 2 aromatic rings. The predicted octanol–water partition coefficient (Wildman–Crippen LogP) is 1.38. The molecule has 0 unspecified atom stereocenters. The molecule has 0 aliphatic rings. The molecule has 0 atom stereocenters. The summed E-state index contributed by atoms with van der Waals surface area (Å²) in [6, 6.07) is 18.3. The number of rotatable bonds is 9. The van der Waals surface area contributed by atoms with Crippen LogP contribution in [0.3, 0.4) is 0 Å². The highest BCUT2D eigenvalue weighted by Gasteiger charge is 2.06. The van der Waals surface area contributed by atoms with E-state index in [-0.39, 0.29) is 25.0 Å². The fraction of sp³-hybridized carbons (Fsp3) is 0.222. The zero-order valence-corrected chi connectivity index (χ0v) is 13.2. The van der Waals surface area contributed by atoms with Gasteiger partial charge in [-0.15, -0.1) is 0 Å². The number of hydrogen-bond acceptors (Lipinski definition) is 4. The van der Waals surface area contributed by atoms with Gasteiger partial charge in [-0.05, 0) is 24.3 Å². The monoisotopic (exact) mass is 328 g/mol. The normalized spacial score (nSPS) is 9.83. The molecule has 0 saturated carbocycles. The lowest BCUT2D eigenvalue weighted by Crippen LogP contribution is -2.40. The van der Waals surface area contributed by atoms with Gasteiger partial charge in [0.1, 0.15) is 18.1 Å². The number of hydrogen-bond donors (Lipinski definition) is 2. The molecule has 0 bridgehead atoms. The Kier molecular flexibility index (Phi) is 7.14. The summed E-state index contributed by atoms with van der Waals surface area (Å²) in [7, 11) is 0. The molecular weight excluding hydrogens is 308 g/mol. The van der Waals surface area contributed by atoms with Crippen molar-refractivity contribution in [2.75, 3.05) is 26.3 Å². The Hall–Kier alpha value is -3.02. The molecule has 2 aromatic carbocycles. The van der Waals surface area contributed by atoms with Crippen LogP contribution in [0.15, 0.2) is 60.7 Å². The van der Waals surface area contributed by atoms with Crippen LogP contribution < -0.4 is 20.1 Å². The van der Waals surface area contributed by atoms with E-state index < -0.39 is 0 Å². The third kappa shape index (κ3) is 6.83.